The van der Waals surface area contributed by atoms with E-state index in [1.54, 1.807) is 0 Å². The molecule has 0 radical (unpaired) electrons. The molecule has 0 aliphatic carbocycles. The molecule has 1 atom stereocenters. The van der Waals surface area contributed by atoms with Crippen LogP contribution in [0, 0.1) is 0 Å². The number of halogens is 1. The van der Waals surface area contributed by atoms with Crippen LogP contribution in [-0.2, 0) is 9.53 Å². The maximum atomic E-state index is 12.4. The minimum atomic E-state index is -0.835. The third-order valence-corrected chi connectivity index (χ3v) is 4.06. The number of benzene rings is 1. The number of nitrogens with one attached hydrogen (secondary N) is 1. The minimum Gasteiger partial charge on any atom is -0.459 e. The number of rotatable bonds is 3. The lowest BCUT2D eigenvalue weighted by Crippen LogP contribution is -2.57. The smallest absolute Gasteiger partial charge is 0.240 e. The van der Waals surface area contributed by atoms with Crippen molar-refractivity contribution in [3.8, 4) is 0 Å². The molecular weight excluding hydrogens is 304 g/mol. The molecule has 22 heavy (non-hydrogen) atoms. The Morgan fingerprint density at radius 1 is 1.32 bits per heavy atom. The van der Waals surface area contributed by atoms with Gasteiger partial charge in [0.1, 0.15) is 11.3 Å². The van der Waals surface area contributed by atoms with Crippen molar-refractivity contribution in [1.82, 2.24) is 5.32 Å². The molecule has 1 aliphatic heterocycles. The molecular formula is C16H21ClN2O3. The van der Waals surface area contributed by atoms with Crippen LogP contribution < -0.4 is 11.1 Å². The van der Waals surface area contributed by atoms with Crippen molar-refractivity contribution in [2.75, 3.05) is 13.2 Å². The van der Waals surface area contributed by atoms with Gasteiger partial charge >= 0.3 is 0 Å². The van der Waals surface area contributed by atoms with E-state index in [9.17, 15) is 4.79 Å². The van der Waals surface area contributed by atoms with Gasteiger partial charge in [0, 0.05) is 18.6 Å². The number of carbonyl (C=O) groups excluding carboxylic acids is 1. The van der Waals surface area contributed by atoms with Gasteiger partial charge in [0.15, 0.2) is 0 Å². The molecule has 1 saturated heterocycles. The number of amides is 1. The van der Waals surface area contributed by atoms with E-state index < -0.39 is 5.54 Å². The second-order valence-electron chi connectivity index (χ2n) is 5.65. The lowest BCUT2D eigenvalue weighted by atomic mass is 9.90. The summed E-state index contributed by atoms with van der Waals surface area (Å²) in [5.41, 5.74) is 6.17. The van der Waals surface area contributed by atoms with Crippen LogP contribution in [0.1, 0.15) is 31.6 Å². The number of carbonyl (C=O) groups is 1. The van der Waals surface area contributed by atoms with Crippen molar-refractivity contribution in [2.45, 2.75) is 31.3 Å². The zero-order valence-corrected chi connectivity index (χ0v) is 13.3. The van der Waals surface area contributed by atoms with E-state index in [1.165, 1.54) is 0 Å². The molecule has 3 N–H and O–H groups in total. The maximum absolute atomic E-state index is 12.4. The standard InChI is InChI=1S/C16H20N2O3.ClH/c1-11(14-10-12-4-2-3-5-13(12)21-14)18-15(19)16(17)6-8-20-9-7-16;/h2-5,10-11H,6-9,17H2,1H3,(H,18,19);1H. The second-order valence-corrected chi connectivity index (χ2v) is 5.65. The Balaban J connectivity index is 0.00000176. The van der Waals surface area contributed by atoms with E-state index in [4.69, 9.17) is 14.9 Å². The van der Waals surface area contributed by atoms with Gasteiger partial charge in [-0.2, -0.15) is 0 Å². The van der Waals surface area contributed by atoms with Crippen LogP contribution in [0.4, 0.5) is 0 Å². The van der Waals surface area contributed by atoms with Gasteiger partial charge in [-0.15, -0.1) is 12.4 Å². The zero-order valence-electron chi connectivity index (χ0n) is 12.5. The molecule has 6 heteroatoms. The van der Waals surface area contributed by atoms with E-state index in [-0.39, 0.29) is 24.4 Å². The first kappa shape index (κ1) is 16.8. The van der Waals surface area contributed by atoms with Gasteiger partial charge in [0.2, 0.25) is 5.91 Å². The predicted molar refractivity (Wildman–Crippen MR) is 87.0 cm³/mol. The van der Waals surface area contributed by atoms with E-state index in [1.807, 2.05) is 37.3 Å². The summed E-state index contributed by atoms with van der Waals surface area (Å²) in [5, 5.41) is 3.98. The molecule has 1 unspecified atom stereocenters. The fourth-order valence-corrected chi connectivity index (χ4v) is 2.59. The third kappa shape index (κ3) is 3.27. The van der Waals surface area contributed by atoms with Crippen molar-refractivity contribution in [3.63, 3.8) is 0 Å². The Bertz CT molecular complexity index is 617. The first-order valence-corrected chi connectivity index (χ1v) is 7.24. The Morgan fingerprint density at radius 2 is 2.00 bits per heavy atom. The highest BCUT2D eigenvalue weighted by Gasteiger charge is 2.36. The SMILES string of the molecule is CC(NC(=O)C1(N)CCOCC1)c1cc2ccccc2o1.Cl. The summed E-state index contributed by atoms with van der Waals surface area (Å²) in [6, 6.07) is 9.52. The second kappa shape index (κ2) is 6.69. The fraction of sp³-hybridized carbons (Fsp3) is 0.438. The van der Waals surface area contributed by atoms with Gasteiger partial charge in [0.25, 0.3) is 0 Å². The Morgan fingerprint density at radius 3 is 2.68 bits per heavy atom. The third-order valence-electron chi connectivity index (χ3n) is 4.06. The van der Waals surface area contributed by atoms with Gasteiger partial charge < -0.3 is 20.2 Å². The van der Waals surface area contributed by atoms with Gasteiger partial charge in [-0.3, -0.25) is 4.79 Å². The van der Waals surface area contributed by atoms with E-state index in [2.05, 4.69) is 5.32 Å². The first-order valence-electron chi connectivity index (χ1n) is 7.24. The molecule has 2 aromatic rings. The number of nitrogens with two attached hydrogens (primary N) is 1. The lowest BCUT2D eigenvalue weighted by Gasteiger charge is -2.32. The van der Waals surface area contributed by atoms with Gasteiger partial charge in [0.05, 0.1) is 11.6 Å². The van der Waals surface area contributed by atoms with Crippen LogP contribution in [0.5, 0.6) is 0 Å². The van der Waals surface area contributed by atoms with Crippen molar-refractivity contribution in [3.05, 3.63) is 36.1 Å². The normalized spacial score (nSPS) is 18.5. The monoisotopic (exact) mass is 324 g/mol. The van der Waals surface area contributed by atoms with Gasteiger partial charge in [-0.1, -0.05) is 18.2 Å². The quantitative estimate of drug-likeness (QED) is 0.909. The van der Waals surface area contributed by atoms with Crippen LogP contribution >= 0.6 is 12.4 Å². The van der Waals surface area contributed by atoms with Crippen molar-refractivity contribution < 1.29 is 13.9 Å². The van der Waals surface area contributed by atoms with Gasteiger partial charge in [-0.25, -0.2) is 0 Å². The molecule has 120 valence electrons. The highest BCUT2D eigenvalue weighted by atomic mass is 35.5. The Labute approximate surface area is 135 Å². The molecule has 0 saturated carbocycles. The fourth-order valence-electron chi connectivity index (χ4n) is 2.59. The van der Waals surface area contributed by atoms with Crippen molar-refractivity contribution in [1.29, 1.82) is 0 Å². The van der Waals surface area contributed by atoms with Gasteiger partial charge in [-0.05, 0) is 31.9 Å². The molecule has 2 heterocycles. The van der Waals surface area contributed by atoms with Crippen LogP contribution in [0.15, 0.2) is 34.7 Å². The number of furan rings is 1. The Kier molecular flexibility index (Phi) is 5.11. The molecule has 0 bridgehead atoms. The average molecular weight is 325 g/mol. The number of fused-ring (bicyclic) bond motifs is 1. The lowest BCUT2D eigenvalue weighted by molar-refractivity contribution is -0.130. The van der Waals surface area contributed by atoms with E-state index in [0.29, 0.717) is 26.1 Å². The predicted octanol–water partition coefficient (Wildman–Crippen LogP) is 2.54. The topological polar surface area (TPSA) is 77.5 Å². The first-order chi connectivity index (χ1) is 10.1. The van der Waals surface area contributed by atoms with Crippen LogP contribution in [-0.4, -0.2) is 24.7 Å². The highest BCUT2D eigenvalue weighted by molar-refractivity contribution is 5.86. The largest absolute Gasteiger partial charge is 0.459 e. The highest BCUT2D eigenvalue weighted by Crippen LogP contribution is 2.25. The molecule has 1 fully saturated rings. The molecule has 1 aromatic heterocycles. The summed E-state index contributed by atoms with van der Waals surface area (Å²) in [5.74, 6) is 0.596. The summed E-state index contributed by atoms with van der Waals surface area (Å²) in [6.07, 6.45) is 1.09. The number of hydrogen-bond donors (Lipinski definition) is 2. The molecule has 3 rings (SSSR count). The zero-order chi connectivity index (χ0) is 14.9. The summed E-state index contributed by atoms with van der Waals surface area (Å²) in [7, 11) is 0. The van der Waals surface area contributed by atoms with E-state index in [0.717, 1.165) is 16.7 Å². The number of hydrogen-bond acceptors (Lipinski definition) is 4. The Hall–Kier alpha value is -1.56. The van der Waals surface area contributed by atoms with Crippen molar-refractivity contribution >= 4 is 29.3 Å². The van der Waals surface area contributed by atoms with E-state index >= 15 is 0 Å². The summed E-state index contributed by atoms with van der Waals surface area (Å²) in [4.78, 5) is 12.4. The summed E-state index contributed by atoms with van der Waals surface area (Å²) >= 11 is 0. The summed E-state index contributed by atoms with van der Waals surface area (Å²) in [6.45, 7) is 2.96. The van der Waals surface area contributed by atoms with Crippen molar-refractivity contribution in [2.24, 2.45) is 5.73 Å². The summed E-state index contributed by atoms with van der Waals surface area (Å²) < 4.78 is 11.0. The number of para-hydroxylation sites is 1. The molecule has 5 nitrogen and oxygen atoms in total. The molecule has 0 spiro atoms. The van der Waals surface area contributed by atoms with Crippen LogP contribution in [0.2, 0.25) is 0 Å². The molecule has 1 aliphatic rings. The molecule has 1 amide bonds. The minimum absolute atomic E-state index is 0. The van der Waals surface area contributed by atoms with Crippen LogP contribution in [0.25, 0.3) is 11.0 Å². The maximum Gasteiger partial charge on any atom is 0.240 e. The molecule has 1 aromatic carbocycles. The number of ether oxygens (including phenoxy) is 1. The average Bonchev–Trinajstić information content (AvgIpc) is 2.92. The van der Waals surface area contributed by atoms with Crippen LogP contribution in [0.3, 0.4) is 0 Å².